The molecule has 6 rings (SSSR count). The van der Waals surface area contributed by atoms with Gasteiger partial charge >= 0.3 is 0 Å². The van der Waals surface area contributed by atoms with E-state index in [1.807, 2.05) is 25.1 Å². The molecule has 1 saturated heterocycles. The van der Waals surface area contributed by atoms with Gasteiger partial charge in [0.15, 0.2) is 0 Å². The van der Waals surface area contributed by atoms with E-state index in [0.717, 1.165) is 67.4 Å². The molecule has 2 aromatic heterocycles. The molecule has 3 aliphatic rings. The van der Waals surface area contributed by atoms with E-state index in [-0.39, 0.29) is 42.2 Å². The molecule has 3 amide bonds. The van der Waals surface area contributed by atoms with Crippen LogP contribution in [0.4, 0.5) is 0 Å². The number of carbonyl (C=O) groups is 3. The van der Waals surface area contributed by atoms with Gasteiger partial charge in [0.25, 0.3) is 5.91 Å². The molecule has 3 atom stereocenters. The number of amides is 3. The summed E-state index contributed by atoms with van der Waals surface area (Å²) in [6, 6.07) is 6.81. The lowest BCUT2D eigenvalue weighted by atomic mass is 9.76. The largest absolute Gasteiger partial charge is 0.380 e. The zero-order valence-electron chi connectivity index (χ0n) is 26.6. The Hall–Kier alpha value is -3.73. The van der Waals surface area contributed by atoms with Crippen LogP contribution in [0.15, 0.2) is 30.5 Å². The van der Waals surface area contributed by atoms with Crippen LogP contribution >= 0.6 is 0 Å². The van der Waals surface area contributed by atoms with E-state index in [9.17, 15) is 14.4 Å². The van der Waals surface area contributed by atoms with E-state index in [4.69, 9.17) is 9.72 Å². The number of aromatic nitrogens is 4. The molecule has 3 aromatic rings. The maximum Gasteiger partial charge on any atom is 0.270 e. The fourth-order valence-electron chi connectivity index (χ4n) is 7.35. The Morgan fingerprint density at radius 2 is 1.78 bits per heavy atom. The summed E-state index contributed by atoms with van der Waals surface area (Å²) in [5.74, 6) is 0.676. The van der Waals surface area contributed by atoms with E-state index >= 15 is 0 Å². The van der Waals surface area contributed by atoms with Gasteiger partial charge in [-0.2, -0.15) is 5.10 Å². The Balaban J connectivity index is 1.30. The SMILES string of the molecule is CCNC(=O)[C@H](NC(=O)C1(c2ccc3nc([C@@H](NC(=O)c4ccnn4C)C4CCCCCCC4)[nH]c3c2)CCOC1)C1CCC1. The van der Waals surface area contributed by atoms with E-state index in [2.05, 4.69) is 26.0 Å². The standard InChI is InChI=1S/C34H47N7O4/c1-3-35-32(43)29(23-12-9-13-23)40-33(44)34(17-19-45-21-34)24-14-15-25-26(20-24)38-30(37-25)28(22-10-7-5-4-6-8-11-22)39-31(42)27-16-18-36-41(27)2/h14-16,18,20,22-23,28-29H,3-13,17,19,21H2,1-2H3,(H,35,43)(H,37,38)(H,39,42)(H,40,44)/t28-,29+,34?/m0/s1. The Bertz CT molecular complexity index is 1490. The van der Waals surface area contributed by atoms with Crippen molar-refractivity contribution < 1.29 is 19.1 Å². The number of rotatable bonds is 10. The van der Waals surface area contributed by atoms with Crippen LogP contribution in [-0.2, 0) is 26.8 Å². The number of aromatic amines is 1. The number of aryl methyl sites for hydroxylation is 1. The van der Waals surface area contributed by atoms with Gasteiger partial charge in [-0.1, -0.05) is 44.6 Å². The van der Waals surface area contributed by atoms with E-state index < -0.39 is 11.5 Å². The summed E-state index contributed by atoms with van der Waals surface area (Å²) in [6.45, 7) is 3.14. The lowest BCUT2D eigenvalue weighted by molar-refractivity contribution is -0.134. The lowest BCUT2D eigenvalue weighted by Crippen LogP contribution is -2.57. The van der Waals surface area contributed by atoms with Crippen LogP contribution < -0.4 is 16.0 Å². The van der Waals surface area contributed by atoms with Gasteiger partial charge in [-0.3, -0.25) is 19.1 Å². The van der Waals surface area contributed by atoms with Crippen molar-refractivity contribution >= 4 is 28.8 Å². The summed E-state index contributed by atoms with van der Waals surface area (Å²) in [4.78, 5) is 49.0. The number of benzene rings is 1. The molecule has 11 nitrogen and oxygen atoms in total. The number of ether oxygens (including phenoxy) is 1. The summed E-state index contributed by atoms with van der Waals surface area (Å²) in [5, 5.41) is 13.5. The van der Waals surface area contributed by atoms with Crippen molar-refractivity contribution in [1.29, 1.82) is 0 Å². The third-order valence-corrected chi connectivity index (χ3v) is 10.3. The van der Waals surface area contributed by atoms with Crippen LogP contribution in [0.5, 0.6) is 0 Å². The molecule has 4 N–H and O–H groups in total. The molecule has 1 unspecified atom stereocenters. The molecule has 3 heterocycles. The normalized spacial score (nSPS) is 22.6. The Morgan fingerprint density at radius 3 is 2.42 bits per heavy atom. The van der Waals surface area contributed by atoms with Gasteiger partial charge in [0, 0.05) is 26.4 Å². The number of imidazole rings is 1. The van der Waals surface area contributed by atoms with Gasteiger partial charge in [0.2, 0.25) is 11.8 Å². The molecule has 1 aromatic carbocycles. The Labute approximate surface area is 264 Å². The molecule has 0 radical (unpaired) electrons. The Morgan fingerprint density at radius 1 is 1.02 bits per heavy atom. The molecule has 2 saturated carbocycles. The monoisotopic (exact) mass is 617 g/mol. The molecule has 1 aliphatic heterocycles. The van der Waals surface area contributed by atoms with Crippen molar-refractivity contribution in [1.82, 2.24) is 35.7 Å². The van der Waals surface area contributed by atoms with Crippen molar-refractivity contribution in [3.8, 4) is 0 Å². The molecule has 242 valence electrons. The number of nitrogens with zero attached hydrogens (tertiary/aromatic N) is 3. The first kappa shape index (κ1) is 31.3. The van der Waals surface area contributed by atoms with Crippen LogP contribution in [0.1, 0.15) is 105 Å². The molecule has 45 heavy (non-hydrogen) atoms. The highest BCUT2D eigenvalue weighted by Crippen LogP contribution is 2.38. The van der Waals surface area contributed by atoms with Crippen LogP contribution in [0, 0.1) is 11.8 Å². The maximum atomic E-state index is 14.1. The highest BCUT2D eigenvalue weighted by atomic mass is 16.5. The number of hydrogen-bond donors (Lipinski definition) is 4. The van der Waals surface area contributed by atoms with Crippen molar-refractivity contribution in [3.05, 3.63) is 47.5 Å². The third-order valence-electron chi connectivity index (χ3n) is 10.3. The predicted octanol–water partition coefficient (Wildman–Crippen LogP) is 4.21. The van der Waals surface area contributed by atoms with Crippen molar-refractivity contribution in [2.75, 3.05) is 19.8 Å². The number of H-pyrrole nitrogens is 1. The zero-order chi connectivity index (χ0) is 31.4. The fraction of sp³-hybridized carbons (Fsp3) is 0.618. The van der Waals surface area contributed by atoms with Crippen LogP contribution in [0.3, 0.4) is 0 Å². The average Bonchev–Trinajstić information content (AvgIpc) is 3.74. The van der Waals surface area contributed by atoms with Gasteiger partial charge in [-0.25, -0.2) is 4.98 Å². The smallest absolute Gasteiger partial charge is 0.270 e. The molecular formula is C34H47N7O4. The minimum absolute atomic E-state index is 0.119. The summed E-state index contributed by atoms with van der Waals surface area (Å²) in [6.07, 6.45) is 13.1. The number of likely N-dealkylation sites (N-methyl/N-ethyl adjacent to an activating group) is 1. The maximum absolute atomic E-state index is 14.1. The second-order valence-corrected chi connectivity index (χ2v) is 13.2. The third kappa shape index (κ3) is 6.50. The number of nitrogens with one attached hydrogen (secondary N) is 4. The quantitative estimate of drug-likeness (QED) is 0.269. The van der Waals surface area contributed by atoms with Gasteiger partial charge in [0.05, 0.1) is 29.1 Å². The highest BCUT2D eigenvalue weighted by molar-refractivity contribution is 5.95. The van der Waals surface area contributed by atoms with Gasteiger partial charge in [0.1, 0.15) is 17.6 Å². The topological polar surface area (TPSA) is 143 Å². The second-order valence-electron chi connectivity index (χ2n) is 13.2. The van der Waals surface area contributed by atoms with Gasteiger partial charge in [-0.05, 0) is 74.6 Å². The molecule has 0 spiro atoms. The Kier molecular flexibility index (Phi) is 9.53. The summed E-state index contributed by atoms with van der Waals surface area (Å²) in [7, 11) is 1.77. The zero-order valence-corrected chi connectivity index (χ0v) is 26.6. The number of fused-ring (bicyclic) bond motifs is 1. The first-order chi connectivity index (χ1) is 21.9. The summed E-state index contributed by atoms with van der Waals surface area (Å²) < 4.78 is 7.42. The van der Waals surface area contributed by atoms with Gasteiger partial charge in [-0.15, -0.1) is 0 Å². The fourth-order valence-corrected chi connectivity index (χ4v) is 7.35. The first-order valence-electron chi connectivity index (χ1n) is 16.8. The predicted molar refractivity (Wildman–Crippen MR) is 170 cm³/mol. The number of carbonyl (C=O) groups excluding carboxylic acids is 3. The molecule has 0 bridgehead atoms. The minimum atomic E-state index is -0.902. The van der Waals surface area contributed by atoms with E-state index in [1.54, 1.807) is 24.0 Å². The second kappa shape index (κ2) is 13.7. The summed E-state index contributed by atoms with van der Waals surface area (Å²) in [5.41, 5.74) is 2.03. The van der Waals surface area contributed by atoms with Crippen molar-refractivity contribution in [3.63, 3.8) is 0 Å². The first-order valence-corrected chi connectivity index (χ1v) is 16.8. The molecular weight excluding hydrogens is 570 g/mol. The van der Waals surface area contributed by atoms with Crippen molar-refractivity contribution in [2.45, 2.75) is 95.1 Å². The van der Waals surface area contributed by atoms with Crippen LogP contribution in [0.2, 0.25) is 0 Å². The number of hydrogen-bond acceptors (Lipinski definition) is 6. The minimum Gasteiger partial charge on any atom is -0.380 e. The van der Waals surface area contributed by atoms with E-state index in [1.165, 1.54) is 19.3 Å². The lowest BCUT2D eigenvalue weighted by Gasteiger charge is -2.36. The molecule has 3 fully saturated rings. The van der Waals surface area contributed by atoms with Crippen LogP contribution in [-0.4, -0.2) is 63.3 Å². The summed E-state index contributed by atoms with van der Waals surface area (Å²) >= 11 is 0. The van der Waals surface area contributed by atoms with E-state index in [0.29, 0.717) is 25.3 Å². The highest BCUT2D eigenvalue weighted by Gasteiger charge is 2.46. The molecule has 2 aliphatic carbocycles. The van der Waals surface area contributed by atoms with Crippen LogP contribution in [0.25, 0.3) is 11.0 Å². The van der Waals surface area contributed by atoms with Gasteiger partial charge < -0.3 is 25.7 Å². The molecule has 11 heteroatoms. The van der Waals surface area contributed by atoms with Crippen molar-refractivity contribution in [2.24, 2.45) is 18.9 Å². The average molecular weight is 618 g/mol.